The van der Waals surface area contributed by atoms with E-state index < -0.39 is 0 Å². The number of rotatable bonds is 4. The molecule has 0 radical (unpaired) electrons. The van der Waals surface area contributed by atoms with Crippen LogP contribution in [0.5, 0.6) is 0 Å². The summed E-state index contributed by atoms with van der Waals surface area (Å²) in [6.07, 6.45) is 0. The molecule has 5 heteroatoms. The normalized spacial score (nSPS) is 17.3. The number of hydrogen-bond acceptors (Lipinski definition) is 3. The summed E-state index contributed by atoms with van der Waals surface area (Å²) >= 11 is 20.8. The van der Waals surface area contributed by atoms with Crippen molar-refractivity contribution in [3.63, 3.8) is 0 Å². The Hall–Kier alpha value is 1.63. The van der Waals surface area contributed by atoms with E-state index >= 15 is 0 Å². The molecule has 0 aliphatic carbocycles. The summed E-state index contributed by atoms with van der Waals surface area (Å²) in [6, 6.07) is 0. The second-order valence-corrected chi connectivity index (χ2v) is 5.33. The zero-order valence-electron chi connectivity index (χ0n) is 4.63. The van der Waals surface area contributed by atoms with Crippen molar-refractivity contribution >= 4 is 60.2 Å². The first kappa shape index (κ1) is 10.6. The van der Waals surface area contributed by atoms with Crippen molar-refractivity contribution in [3.05, 3.63) is 0 Å². The predicted octanol–water partition coefficient (Wildman–Crippen LogP) is 2.71. The molecule has 0 aromatic rings. The fourth-order valence-electron chi connectivity index (χ4n) is 0.254. The Labute approximate surface area is 80.9 Å². The average Bonchev–Trinajstić information content (AvgIpc) is 1.87. The van der Waals surface area contributed by atoms with Crippen molar-refractivity contribution in [2.45, 2.75) is 9.16 Å². The number of hydrogen-bond donors (Lipinski definition) is 2. The number of thioether (sulfide) groups is 1. The highest BCUT2D eigenvalue weighted by Gasteiger charge is 2.07. The molecular formula is C4H8Cl2S3. The molecule has 0 saturated heterocycles. The van der Waals surface area contributed by atoms with Gasteiger partial charge in [-0.2, -0.15) is 25.3 Å². The molecule has 0 nitrogen and oxygen atoms in total. The minimum absolute atomic E-state index is 0.146. The summed E-state index contributed by atoms with van der Waals surface area (Å²) in [7, 11) is 0. The minimum atomic E-state index is 0.146. The standard InChI is InChI=1S/C4H8Cl2S3/c5-1-3(7)9-4(8)2-6/h3-4,7-8H,1-2H2. The van der Waals surface area contributed by atoms with Crippen LogP contribution in [0, 0.1) is 0 Å². The van der Waals surface area contributed by atoms with Gasteiger partial charge in [0.2, 0.25) is 0 Å². The Bertz CT molecular complexity index is 62.8. The number of alkyl halides is 2. The van der Waals surface area contributed by atoms with Gasteiger partial charge in [0.05, 0.1) is 9.16 Å². The highest BCUT2D eigenvalue weighted by atomic mass is 35.5. The van der Waals surface area contributed by atoms with Crippen molar-refractivity contribution in [1.29, 1.82) is 0 Å². The summed E-state index contributed by atoms with van der Waals surface area (Å²) in [5.41, 5.74) is 0. The van der Waals surface area contributed by atoms with Crippen LogP contribution in [0.25, 0.3) is 0 Å². The molecule has 0 N–H and O–H groups in total. The van der Waals surface area contributed by atoms with Crippen LogP contribution < -0.4 is 0 Å². The Morgan fingerprint density at radius 1 is 1.11 bits per heavy atom. The molecule has 0 aliphatic rings. The van der Waals surface area contributed by atoms with Crippen LogP contribution >= 0.6 is 60.2 Å². The van der Waals surface area contributed by atoms with Crippen LogP contribution in [-0.4, -0.2) is 20.9 Å². The first-order chi connectivity index (χ1) is 4.20. The van der Waals surface area contributed by atoms with Gasteiger partial charge in [0.1, 0.15) is 0 Å². The molecule has 0 saturated carbocycles. The molecule has 0 rings (SSSR count). The van der Waals surface area contributed by atoms with Crippen molar-refractivity contribution in [1.82, 2.24) is 0 Å². The van der Waals surface area contributed by atoms with Gasteiger partial charge in [-0.15, -0.1) is 35.0 Å². The highest BCUT2D eigenvalue weighted by Crippen LogP contribution is 2.24. The first-order valence-corrected chi connectivity index (χ1v) is 5.38. The van der Waals surface area contributed by atoms with Gasteiger partial charge in [0, 0.05) is 11.8 Å². The van der Waals surface area contributed by atoms with Gasteiger partial charge >= 0.3 is 0 Å². The minimum Gasteiger partial charge on any atom is -0.164 e. The van der Waals surface area contributed by atoms with E-state index in [-0.39, 0.29) is 9.16 Å². The predicted molar refractivity (Wildman–Crippen MR) is 54.6 cm³/mol. The van der Waals surface area contributed by atoms with E-state index in [1.807, 2.05) is 0 Å². The molecule has 0 aliphatic heterocycles. The maximum atomic E-state index is 5.48. The third-order valence-corrected chi connectivity index (χ3v) is 4.05. The SMILES string of the molecule is SC(CCl)SC(S)CCl. The zero-order chi connectivity index (χ0) is 7.28. The molecule has 9 heavy (non-hydrogen) atoms. The summed E-state index contributed by atoms with van der Waals surface area (Å²) in [5.74, 6) is 1.06. The number of halogens is 2. The van der Waals surface area contributed by atoms with Gasteiger partial charge in [0.25, 0.3) is 0 Å². The summed E-state index contributed by atoms with van der Waals surface area (Å²) in [5, 5.41) is 0. The largest absolute Gasteiger partial charge is 0.164 e. The fraction of sp³-hybridized carbons (Fsp3) is 1.00. The van der Waals surface area contributed by atoms with Crippen molar-refractivity contribution in [3.8, 4) is 0 Å². The monoisotopic (exact) mass is 222 g/mol. The molecule has 0 spiro atoms. The molecule has 2 atom stereocenters. The molecule has 2 unspecified atom stereocenters. The lowest BCUT2D eigenvalue weighted by atomic mass is 10.9. The molecule has 0 heterocycles. The smallest absolute Gasteiger partial charge is 0.0619 e. The zero-order valence-corrected chi connectivity index (χ0v) is 8.74. The summed E-state index contributed by atoms with van der Waals surface area (Å²) in [6.45, 7) is 0. The molecule has 0 aromatic heterocycles. The van der Waals surface area contributed by atoms with E-state index in [1.165, 1.54) is 0 Å². The molecular weight excluding hydrogens is 215 g/mol. The molecule has 0 bridgehead atoms. The molecule has 0 fully saturated rings. The van der Waals surface area contributed by atoms with Crippen molar-refractivity contribution in [2.24, 2.45) is 0 Å². The van der Waals surface area contributed by atoms with E-state index in [9.17, 15) is 0 Å². The van der Waals surface area contributed by atoms with Gasteiger partial charge in [-0.3, -0.25) is 0 Å². The van der Waals surface area contributed by atoms with E-state index in [2.05, 4.69) is 25.3 Å². The van der Waals surface area contributed by atoms with Crippen LogP contribution in [0.3, 0.4) is 0 Å². The van der Waals surface area contributed by atoms with Gasteiger partial charge in [-0.05, 0) is 0 Å². The average molecular weight is 223 g/mol. The highest BCUT2D eigenvalue weighted by molar-refractivity contribution is 8.17. The number of thiol groups is 2. The maximum absolute atomic E-state index is 5.48. The van der Waals surface area contributed by atoms with Crippen LogP contribution in [-0.2, 0) is 0 Å². The van der Waals surface area contributed by atoms with Gasteiger partial charge < -0.3 is 0 Å². The lowest BCUT2D eigenvalue weighted by molar-refractivity contribution is 1.38. The third-order valence-electron chi connectivity index (χ3n) is 0.578. The summed E-state index contributed by atoms with van der Waals surface area (Å²) < 4.78 is 0.292. The molecule has 0 aromatic carbocycles. The molecule has 0 amide bonds. The quantitative estimate of drug-likeness (QED) is 0.420. The van der Waals surface area contributed by atoms with E-state index in [1.54, 1.807) is 11.8 Å². The Balaban J connectivity index is 3.22. The van der Waals surface area contributed by atoms with E-state index in [0.29, 0.717) is 11.8 Å². The summed E-state index contributed by atoms with van der Waals surface area (Å²) in [4.78, 5) is 0. The lowest BCUT2D eigenvalue weighted by Crippen LogP contribution is -2.02. The molecule has 56 valence electrons. The second kappa shape index (κ2) is 6.35. The lowest BCUT2D eigenvalue weighted by Gasteiger charge is -2.09. The topological polar surface area (TPSA) is 0 Å². The van der Waals surface area contributed by atoms with Gasteiger partial charge in [-0.25, -0.2) is 0 Å². The van der Waals surface area contributed by atoms with Crippen LogP contribution in [0.1, 0.15) is 0 Å². The van der Waals surface area contributed by atoms with Crippen LogP contribution in [0.4, 0.5) is 0 Å². The maximum Gasteiger partial charge on any atom is 0.0619 e. The van der Waals surface area contributed by atoms with Crippen molar-refractivity contribution < 1.29 is 0 Å². The second-order valence-electron chi connectivity index (χ2n) is 1.35. The van der Waals surface area contributed by atoms with E-state index in [4.69, 9.17) is 23.2 Å². The Morgan fingerprint density at radius 2 is 1.44 bits per heavy atom. The third kappa shape index (κ3) is 6.05. The Morgan fingerprint density at radius 3 is 1.67 bits per heavy atom. The van der Waals surface area contributed by atoms with Crippen molar-refractivity contribution in [2.75, 3.05) is 11.8 Å². The van der Waals surface area contributed by atoms with Crippen LogP contribution in [0.15, 0.2) is 0 Å². The van der Waals surface area contributed by atoms with E-state index in [0.717, 1.165) is 0 Å². The van der Waals surface area contributed by atoms with Gasteiger partial charge in [0.15, 0.2) is 0 Å². The van der Waals surface area contributed by atoms with Gasteiger partial charge in [-0.1, -0.05) is 0 Å². The Kier molecular flexibility index (Phi) is 7.50. The van der Waals surface area contributed by atoms with Crippen LogP contribution in [0.2, 0.25) is 0 Å². The first-order valence-electron chi connectivity index (χ1n) is 2.34. The fourth-order valence-corrected chi connectivity index (χ4v) is 2.37.